The lowest BCUT2D eigenvalue weighted by atomic mass is 9.99. The Bertz CT molecular complexity index is 507. The molecule has 1 atom stereocenters. The molecule has 0 bridgehead atoms. The molecule has 1 N–H and O–H groups in total. The van der Waals surface area contributed by atoms with Gasteiger partial charge in [-0.15, -0.1) is 0 Å². The van der Waals surface area contributed by atoms with Crippen molar-refractivity contribution in [1.29, 1.82) is 0 Å². The van der Waals surface area contributed by atoms with Gasteiger partial charge in [-0.25, -0.2) is 13.6 Å². The van der Waals surface area contributed by atoms with Gasteiger partial charge in [-0.2, -0.15) is 0 Å². The second kappa shape index (κ2) is 5.52. The van der Waals surface area contributed by atoms with Crippen LogP contribution in [0.3, 0.4) is 0 Å². The van der Waals surface area contributed by atoms with Crippen molar-refractivity contribution in [2.75, 3.05) is 20.3 Å². The van der Waals surface area contributed by atoms with Crippen molar-refractivity contribution < 1.29 is 27.8 Å². The second-order valence-electron chi connectivity index (χ2n) is 4.26. The summed E-state index contributed by atoms with van der Waals surface area (Å²) >= 11 is 0. The van der Waals surface area contributed by atoms with Gasteiger partial charge < -0.3 is 19.5 Å². The fraction of sp³-hybridized carbons (Fsp3) is 0.462. The number of hydrogen-bond acceptors (Lipinski definition) is 4. The van der Waals surface area contributed by atoms with Crippen molar-refractivity contribution in [3.63, 3.8) is 0 Å². The van der Waals surface area contributed by atoms with Crippen LogP contribution in [0, 0.1) is 0 Å². The fourth-order valence-corrected chi connectivity index (χ4v) is 1.98. The van der Waals surface area contributed by atoms with Crippen molar-refractivity contribution in [2.45, 2.75) is 18.9 Å². The molecule has 0 spiro atoms. The highest BCUT2D eigenvalue weighted by Crippen LogP contribution is 2.38. The minimum absolute atomic E-state index is 0.232. The molecule has 7 heteroatoms. The molecule has 0 unspecified atom stereocenters. The van der Waals surface area contributed by atoms with E-state index in [1.165, 1.54) is 25.3 Å². The molecule has 5 nitrogen and oxygen atoms in total. The van der Waals surface area contributed by atoms with E-state index in [1.807, 2.05) is 0 Å². The topological polar surface area (TPSA) is 56.8 Å². The molecular weight excluding hydrogens is 272 g/mol. The number of halogens is 2. The first-order chi connectivity index (χ1) is 9.47. The second-order valence-corrected chi connectivity index (χ2v) is 4.26. The maximum atomic E-state index is 13.8. The number of carbonyl (C=O) groups is 1. The summed E-state index contributed by atoms with van der Waals surface area (Å²) in [7, 11) is 1.46. The van der Waals surface area contributed by atoms with E-state index < -0.39 is 24.7 Å². The van der Waals surface area contributed by atoms with Gasteiger partial charge in [-0.3, -0.25) is 0 Å². The van der Waals surface area contributed by atoms with E-state index in [-0.39, 0.29) is 5.56 Å². The Balaban J connectivity index is 2.35. The lowest BCUT2D eigenvalue weighted by Crippen LogP contribution is -2.49. The van der Waals surface area contributed by atoms with Gasteiger partial charge in [0.1, 0.15) is 6.04 Å². The number of alkyl carbamates (subject to hydrolysis) is 1. The molecule has 1 aromatic carbocycles. The number of ether oxygens (including phenoxy) is 3. The van der Waals surface area contributed by atoms with Gasteiger partial charge in [0.25, 0.3) is 0 Å². The monoisotopic (exact) mass is 287 g/mol. The third-order valence-corrected chi connectivity index (χ3v) is 2.90. The summed E-state index contributed by atoms with van der Waals surface area (Å²) in [6.45, 7) is 1.20. The zero-order chi connectivity index (χ0) is 14.8. The van der Waals surface area contributed by atoms with Gasteiger partial charge in [0.15, 0.2) is 18.1 Å². The molecular formula is C13H15F2NO4. The van der Waals surface area contributed by atoms with Gasteiger partial charge >= 0.3 is 12.0 Å². The van der Waals surface area contributed by atoms with Crippen LogP contribution in [-0.4, -0.2) is 32.3 Å². The predicted octanol–water partition coefficient (Wildman–Crippen LogP) is 2.51. The smallest absolute Gasteiger partial charge is 0.408 e. The number of methoxy groups -OCH3 is 1. The van der Waals surface area contributed by atoms with Crippen molar-refractivity contribution >= 4 is 6.09 Å². The summed E-state index contributed by atoms with van der Waals surface area (Å²) in [6.07, 6.45) is -0.866. The first-order valence-electron chi connectivity index (χ1n) is 6.09. The molecule has 20 heavy (non-hydrogen) atoms. The summed E-state index contributed by atoms with van der Waals surface area (Å²) in [6, 6.07) is 2.98. The number of rotatable bonds is 4. The molecule has 0 saturated carbocycles. The summed E-state index contributed by atoms with van der Waals surface area (Å²) in [5, 5.41) is 2.12. The largest absolute Gasteiger partial charge is 0.493 e. The number of cyclic esters (lactones) is 1. The number of benzene rings is 1. The molecule has 1 aliphatic heterocycles. The summed E-state index contributed by atoms with van der Waals surface area (Å²) in [4.78, 5) is 11.1. The molecule has 1 aliphatic rings. The lowest BCUT2D eigenvalue weighted by Gasteiger charge is -2.32. The molecule has 1 fully saturated rings. The highest BCUT2D eigenvalue weighted by atomic mass is 19.3. The van der Waals surface area contributed by atoms with Crippen LogP contribution in [0.2, 0.25) is 0 Å². The third kappa shape index (κ3) is 2.76. The van der Waals surface area contributed by atoms with Crippen LogP contribution in [0.15, 0.2) is 18.2 Å². The maximum Gasteiger partial charge on any atom is 0.408 e. The van der Waals surface area contributed by atoms with Gasteiger partial charge in [-0.05, 0) is 24.6 Å². The van der Waals surface area contributed by atoms with E-state index in [9.17, 15) is 13.6 Å². The molecule has 1 amide bonds. The molecule has 0 aliphatic carbocycles. The molecule has 1 heterocycles. The number of nitrogens with one attached hydrogen (secondary N) is 1. The number of hydrogen-bond donors (Lipinski definition) is 1. The summed E-state index contributed by atoms with van der Waals surface area (Å²) < 4.78 is 42.4. The highest BCUT2D eigenvalue weighted by molar-refractivity contribution is 5.69. The Hall–Kier alpha value is -2.05. The Morgan fingerprint density at radius 3 is 2.85 bits per heavy atom. The quantitative estimate of drug-likeness (QED) is 0.924. The zero-order valence-corrected chi connectivity index (χ0v) is 11.1. The van der Waals surface area contributed by atoms with E-state index in [0.717, 1.165) is 0 Å². The van der Waals surface area contributed by atoms with Crippen LogP contribution in [-0.2, 0) is 4.74 Å². The van der Waals surface area contributed by atoms with E-state index >= 15 is 0 Å². The SMILES string of the molecule is CCOc1cc([C@@H]2NC(=O)OCC2(F)F)ccc1OC. The van der Waals surface area contributed by atoms with Crippen LogP contribution >= 0.6 is 0 Å². The Kier molecular flexibility index (Phi) is 3.96. The molecule has 0 aromatic heterocycles. The van der Waals surface area contributed by atoms with Gasteiger partial charge in [-0.1, -0.05) is 6.07 Å². The summed E-state index contributed by atoms with van der Waals surface area (Å²) in [5.74, 6) is -2.40. The van der Waals surface area contributed by atoms with Crippen LogP contribution in [0.5, 0.6) is 11.5 Å². The summed E-state index contributed by atoms with van der Waals surface area (Å²) in [5.41, 5.74) is 0.232. The minimum Gasteiger partial charge on any atom is -0.493 e. The van der Waals surface area contributed by atoms with E-state index in [0.29, 0.717) is 18.1 Å². The molecule has 1 saturated heterocycles. The number of carbonyl (C=O) groups excluding carboxylic acids is 1. The minimum atomic E-state index is -3.19. The predicted molar refractivity (Wildman–Crippen MR) is 66.3 cm³/mol. The fourth-order valence-electron chi connectivity index (χ4n) is 1.98. The molecule has 1 aromatic rings. The Morgan fingerprint density at radius 2 is 2.20 bits per heavy atom. The molecule has 0 radical (unpaired) electrons. The Morgan fingerprint density at radius 1 is 1.45 bits per heavy atom. The van der Waals surface area contributed by atoms with E-state index in [4.69, 9.17) is 9.47 Å². The van der Waals surface area contributed by atoms with Crippen LogP contribution in [0.1, 0.15) is 18.5 Å². The maximum absolute atomic E-state index is 13.8. The lowest BCUT2D eigenvalue weighted by molar-refractivity contribution is -0.104. The van der Waals surface area contributed by atoms with Crippen LogP contribution in [0.25, 0.3) is 0 Å². The normalized spacial score (nSPS) is 20.8. The first kappa shape index (κ1) is 14.4. The number of alkyl halides is 2. The van der Waals surface area contributed by atoms with Crippen molar-refractivity contribution in [1.82, 2.24) is 5.32 Å². The van der Waals surface area contributed by atoms with Gasteiger partial charge in [0.2, 0.25) is 0 Å². The third-order valence-electron chi connectivity index (χ3n) is 2.90. The highest BCUT2D eigenvalue weighted by Gasteiger charge is 2.47. The average Bonchev–Trinajstić information content (AvgIpc) is 2.42. The molecule has 110 valence electrons. The standard InChI is InChI=1S/C13H15F2NO4/c1-3-19-10-6-8(4-5-9(10)18-2)11-13(14,15)7-20-12(17)16-11/h4-6,11H,3,7H2,1-2H3,(H,16,17)/t11-/m0/s1. The van der Waals surface area contributed by atoms with E-state index in [1.54, 1.807) is 6.92 Å². The van der Waals surface area contributed by atoms with Crippen LogP contribution in [0.4, 0.5) is 13.6 Å². The van der Waals surface area contributed by atoms with Crippen molar-refractivity contribution in [3.05, 3.63) is 23.8 Å². The average molecular weight is 287 g/mol. The first-order valence-corrected chi connectivity index (χ1v) is 6.09. The Labute approximate surface area is 114 Å². The van der Waals surface area contributed by atoms with Crippen molar-refractivity contribution in [3.8, 4) is 11.5 Å². The zero-order valence-electron chi connectivity index (χ0n) is 11.1. The van der Waals surface area contributed by atoms with Gasteiger partial charge in [0, 0.05) is 0 Å². The number of amides is 1. The van der Waals surface area contributed by atoms with E-state index in [2.05, 4.69) is 10.1 Å². The van der Waals surface area contributed by atoms with Crippen LogP contribution < -0.4 is 14.8 Å². The van der Waals surface area contributed by atoms with Gasteiger partial charge in [0.05, 0.1) is 13.7 Å². The van der Waals surface area contributed by atoms with Crippen molar-refractivity contribution in [2.24, 2.45) is 0 Å². The molecule has 2 rings (SSSR count).